The summed E-state index contributed by atoms with van der Waals surface area (Å²) in [6.45, 7) is 4.89. The summed E-state index contributed by atoms with van der Waals surface area (Å²) in [6.07, 6.45) is 3.47. The number of hydrogen-bond acceptors (Lipinski definition) is 4. The van der Waals surface area contributed by atoms with Gasteiger partial charge in [0.25, 0.3) is 5.56 Å². The molecule has 7 heteroatoms. The van der Waals surface area contributed by atoms with E-state index in [0.717, 1.165) is 25.7 Å². The first-order chi connectivity index (χ1) is 11.1. The van der Waals surface area contributed by atoms with Gasteiger partial charge >= 0.3 is 5.69 Å². The minimum atomic E-state index is -0.303. The van der Waals surface area contributed by atoms with Crippen LogP contribution in [0.5, 0.6) is 0 Å². The van der Waals surface area contributed by atoms with Crippen LogP contribution in [0.1, 0.15) is 57.7 Å². The molecule has 1 fully saturated rings. The molecule has 23 heavy (non-hydrogen) atoms. The van der Waals surface area contributed by atoms with Gasteiger partial charge in [0.05, 0.1) is 6.10 Å². The van der Waals surface area contributed by atoms with Gasteiger partial charge in [-0.25, -0.2) is 9.78 Å². The summed E-state index contributed by atoms with van der Waals surface area (Å²) in [5.74, 6) is 0.841. The summed E-state index contributed by atoms with van der Waals surface area (Å²) in [6, 6.07) is 0. The van der Waals surface area contributed by atoms with Crippen molar-refractivity contribution in [3.05, 3.63) is 26.7 Å². The Balaban J connectivity index is 2.19. The van der Waals surface area contributed by atoms with Crippen LogP contribution in [0.3, 0.4) is 0 Å². The third kappa shape index (κ3) is 2.73. The molecular weight excluding hydrogens is 296 g/mol. The fourth-order valence-corrected chi connectivity index (χ4v) is 3.43. The molecule has 3 rings (SSSR count). The zero-order valence-electron chi connectivity index (χ0n) is 13.7. The Hall–Kier alpha value is -1.89. The molecule has 2 N–H and O–H groups in total. The van der Waals surface area contributed by atoms with E-state index in [0.29, 0.717) is 36.5 Å². The zero-order chi connectivity index (χ0) is 16.6. The number of fused-ring (bicyclic) bond motifs is 1. The molecule has 0 saturated heterocycles. The number of aliphatic hydroxyl groups excluding tert-OH is 1. The standard InChI is InChI=1S/C16H24N4O3/c1-3-7-19-14-12(15(22)20(8-4-2)16(19)23)17-13(18-14)10-5-6-11(21)9-10/h10-11,21H,3-9H2,1-2H3,(H,17,18)/t10-,11-/m0/s1. The summed E-state index contributed by atoms with van der Waals surface area (Å²) in [5, 5.41) is 9.72. The lowest BCUT2D eigenvalue weighted by Gasteiger charge is -2.09. The van der Waals surface area contributed by atoms with Crippen LogP contribution in [-0.4, -0.2) is 30.3 Å². The van der Waals surface area contributed by atoms with Gasteiger partial charge in [-0.05, 0) is 32.1 Å². The average Bonchev–Trinajstić information content (AvgIpc) is 3.14. The molecule has 2 atom stereocenters. The number of aromatic nitrogens is 4. The maximum Gasteiger partial charge on any atom is 0.332 e. The molecule has 1 aliphatic carbocycles. The summed E-state index contributed by atoms with van der Waals surface area (Å²) in [5.41, 5.74) is 0.278. The molecule has 0 radical (unpaired) electrons. The normalized spacial score (nSPS) is 21.3. The number of aryl methyl sites for hydroxylation is 1. The van der Waals surface area contributed by atoms with Gasteiger partial charge in [-0.1, -0.05) is 13.8 Å². The predicted octanol–water partition coefficient (Wildman–Crippen LogP) is 1.33. The van der Waals surface area contributed by atoms with Crippen molar-refractivity contribution in [2.45, 2.75) is 71.1 Å². The fourth-order valence-electron chi connectivity index (χ4n) is 3.43. The van der Waals surface area contributed by atoms with E-state index in [1.807, 2.05) is 13.8 Å². The van der Waals surface area contributed by atoms with Gasteiger partial charge in [0, 0.05) is 19.0 Å². The summed E-state index contributed by atoms with van der Waals surface area (Å²) < 4.78 is 2.89. The summed E-state index contributed by atoms with van der Waals surface area (Å²) >= 11 is 0. The maximum absolute atomic E-state index is 12.6. The van der Waals surface area contributed by atoms with E-state index < -0.39 is 0 Å². The van der Waals surface area contributed by atoms with E-state index in [1.54, 1.807) is 4.57 Å². The Kier molecular flexibility index (Phi) is 4.39. The molecule has 126 valence electrons. The van der Waals surface area contributed by atoms with Crippen molar-refractivity contribution in [2.24, 2.45) is 0 Å². The second kappa shape index (κ2) is 6.31. The number of hydrogen-bond donors (Lipinski definition) is 2. The smallest absolute Gasteiger partial charge is 0.332 e. The average molecular weight is 320 g/mol. The molecule has 0 aliphatic heterocycles. The minimum absolute atomic E-state index is 0.126. The molecule has 2 aromatic heterocycles. The maximum atomic E-state index is 12.6. The van der Waals surface area contributed by atoms with Crippen molar-refractivity contribution in [1.29, 1.82) is 0 Å². The van der Waals surface area contributed by atoms with Crippen LogP contribution in [0, 0.1) is 0 Å². The van der Waals surface area contributed by atoms with Crippen molar-refractivity contribution in [2.75, 3.05) is 0 Å². The van der Waals surface area contributed by atoms with Crippen molar-refractivity contribution < 1.29 is 5.11 Å². The lowest BCUT2D eigenvalue weighted by atomic mass is 10.1. The highest BCUT2D eigenvalue weighted by Crippen LogP contribution is 2.33. The van der Waals surface area contributed by atoms with Crippen molar-refractivity contribution >= 4 is 11.2 Å². The van der Waals surface area contributed by atoms with Crippen LogP contribution in [0.2, 0.25) is 0 Å². The molecule has 1 saturated carbocycles. The SMILES string of the molecule is CCCn1c(=O)c2[nH]c([C@H]3CC[C@H](O)C3)nc2n(CCC)c1=O. The van der Waals surface area contributed by atoms with Gasteiger partial charge in [-0.15, -0.1) is 0 Å². The fraction of sp³-hybridized carbons (Fsp3) is 0.688. The highest BCUT2D eigenvalue weighted by atomic mass is 16.3. The molecule has 0 unspecified atom stereocenters. The van der Waals surface area contributed by atoms with Gasteiger partial charge in [0.15, 0.2) is 5.65 Å². The quantitative estimate of drug-likeness (QED) is 0.869. The van der Waals surface area contributed by atoms with Crippen LogP contribution in [0.25, 0.3) is 11.2 Å². The van der Waals surface area contributed by atoms with Crippen LogP contribution >= 0.6 is 0 Å². The number of nitrogens with zero attached hydrogens (tertiary/aromatic N) is 3. The molecule has 0 amide bonds. The number of rotatable bonds is 5. The number of aromatic amines is 1. The van der Waals surface area contributed by atoms with Crippen molar-refractivity contribution in [3.8, 4) is 0 Å². The Labute approximate surface area is 134 Å². The molecule has 2 aromatic rings. The second-order valence-corrected chi connectivity index (χ2v) is 6.38. The molecule has 2 heterocycles. The molecular formula is C16H24N4O3. The van der Waals surface area contributed by atoms with Crippen LogP contribution < -0.4 is 11.2 Å². The van der Waals surface area contributed by atoms with Crippen LogP contribution in [0.15, 0.2) is 9.59 Å². The van der Waals surface area contributed by atoms with Crippen LogP contribution in [0.4, 0.5) is 0 Å². The van der Waals surface area contributed by atoms with Gasteiger partial charge < -0.3 is 10.1 Å². The lowest BCUT2D eigenvalue weighted by Crippen LogP contribution is -2.40. The molecule has 0 aromatic carbocycles. The number of H-pyrrole nitrogens is 1. The predicted molar refractivity (Wildman–Crippen MR) is 87.8 cm³/mol. The summed E-state index contributed by atoms with van der Waals surface area (Å²) in [4.78, 5) is 32.9. The van der Waals surface area contributed by atoms with Gasteiger partial charge in [0.1, 0.15) is 11.3 Å². The number of imidazole rings is 1. The van der Waals surface area contributed by atoms with E-state index in [4.69, 9.17) is 0 Å². The summed E-state index contributed by atoms with van der Waals surface area (Å²) in [7, 11) is 0. The Bertz CT molecular complexity index is 817. The first kappa shape index (κ1) is 16.0. The minimum Gasteiger partial charge on any atom is -0.393 e. The largest absolute Gasteiger partial charge is 0.393 e. The van der Waals surface area contributed by atoms with Crippen molar-refractivity contribution in [1.82, 2.24) is 19.1 Å². The van der Waals surface area contributed by atoms with Crippen LogP contribution in [-0.2, 0) is 13.1 Å². The Morgan fingerprint density at radius 3 is 2.48 bits per heavy atom. The lowest BCUT2D eigenvalue weighted by molar-refractivity contribution is 0.181. The molecule has 1 aliphatic rings. The Morgan fingerprint density at radius 2 is 1.87 bits per heavy atom. The Morgan fingerprint density at radius 1 is 1.17 bits per heavy atom. The zero-order valence-corrected chi connectivity index (χ0v) is 13.7. The number of nitrogens with one attached hydrogen (secondary N) is 1. The van der Waals surface area contributed by atoms with Gasteiger partial charge in [-0.2, -0.15) is 0 Å². The van der Waals surface area contributed by atoms with Gasteiger partial charge in [-0.3, -0.25) is 13.9 Å². The first-order valence-electron chi connectivity index (χ1n) is 8.48. The van der Waals surface area contributed by atoms with E-state index in [-0.39, 0.29) is 23.3 Å². The molecule has 0 bridgehead atoms. The molecule has 0 spiro atoms. The highest BCUT2D eigenvalue weighted by Gasteiger charge is 2.28. The van der Waals surface area contributed by atoms with Crippen molar-refractivity contribution in [3.63, 3.8) is 0 Å². The topological polar surface area (TPSA) is 92.9 Å². The van der Waals surface area contributed by atoms with E-state index in [1.165, 1.54) is 4.57 Å². The number of aliphatic hydroxyl groups is 1. The third-order valence-electron chi connectivity index (χ3n) is 4.57. The van der Waals surface area contributed by atoms with Gasteiger partial charge in [0.2, 0.25) is 0 Å². The van der Waals surface area contributed by atoms with E-state index >= 15 is 0 Å². The highest BCUT2D eigenvalue weighted by molar-refractivity contribution is 5.70. The van der Waals surface area contributed by atoms with E-state index in [9.17, 15) is 14.7 Å². The van der Waals surface area contributed by atoms with E-state index in [2.05, 4.69) is 9.97 Å². The second-order valence-electron chi connectivity index (χ2n) is 6.38. The first-order valence-corrected chi connectivity index (χ1v) is 8.48. The molecule has 7 nitrogen and oxygen atoms in total. The monoisotopic (exact) mass is 320 g/mol. The third-order valence-corrected chi connectivity index (χ3v) is 4.57.